The Hall–Kier alpha value is -2.13. The highest BCUT2D eigenvalue weighted by atomic mass is 127. The van der Waals surface area contributed by atoms with Gasteiger partial charge in [-0.15, -0.1) is 24.0 Å². The number of likely N-dealkylation sites (tertiary alicyclic amines) is 1. The molecule has 2 aromatic carbocycles. The summed E-state index contributed by atoms with van der Waals surface area (Å²) in [6, 6.07) is 19.1. The Kier molecular flexibility index (Phi) is 10.3. The third-order valence-electron chi connectivity index (χ3n) is 5.45. The first-order valence-electron chi connectivity index (χ1n) is 10.7. The van der Waals surface area contributed by atoms with Crippen LogP contribution in [0.1, 0.15) is 41.8 Å². The van der Waals surface area contributed by atoms with Crippen LogP contribution in [0.3, 0.4) is 0 Å². The molecule has 7 heteroatoms. The zero-order chi connectivity index (χ0) is 21.3. The van der Waals surface area contributed by atoms with Gasteiger partial charge in [0.2, 0.25) is 0 Å². The fraction of sp³-hybridized carbons (Fsp3) is 0.417. The van der Waals surface area contributed by atoms with E-state index in [0.29, 0.717) is 24.2 Å². The highest BCUT2D eigenvalue weighted by Gasteiger charge is 2.29. The predicted molar refractivity (Wildman–Crippen MR) is 138 cm³/mol. The summed E-state index contributed by atoms with van der Waals surface area (Å²) in [4.78, 5) is 19.1. The lowest BCUT2D eigenvalue weighted by atomic mass is 10.1. The lowest BCUT2D eigenvalue weighted by molar-refractivity contribution is 0.0963. The molecule has 1 fully saturated rings. The molecule has 0 spiro atoms. The maximum Gasteiger partial charge on any atom is 0.251 e. The third-order valence-corrected chi connectivity index (χ3v) is 5.45. The number of nitrogens with zero attached hydrogens (tertiary/aromatic N) is 2. The van der Waals surface area contributed by atoms with E-state index in [1.807, 2.05) is 24.3 Å². The van der Waals surface area contributed by atoms with E-state index in [2.05, 4.69) is 65.0 Å². The van der Waals surface area contributed by atoms with Crippen LogP contribution in [0.4, 0.5) is 0 Å². The van der Waals surface area contributed by atoms with Gasteiger partial charge in [0.15, 0.2) is 5.96 Å². The van der Waals surface area contributed by atoms with Gasteiger partial charge in [-0.25, -0.2) is 4.99 Å². The summed E-state index contributed by atoms with van der Waals surface area (Å²) in [5.41, 5.74) is 3.02. The number of amides is 1. The molecule has 3 rings (SSSR count). The molecule has 6 nitrogen and oxygen atoms in total. The van der Waals surface area contributed by atoms with Crippen molar-refractivity contribution in [1.29, 1.82) is 0 Å². The van der Waals surface area contributed by atoms with Crippen LogP contribution in [0.5, 0.6) is 0 Å². The van der Waals surface area contributed by atoms with Crippen LogP contribution in [-0.2, 0) is 13.1 Å². The number of halogens is 1. The van der Waals surface area contributed by atoms with E-state index in [9.17, 15) is 4.79 Å². The lowest BCUT2D eigenvalue weighted by Crippen LogP contribution is -2.44. The topological polar surface area (TPSA) is 68.8 Å². The Bertz CT molecular complexity index is 858. The second kappa shape index (κ2) is 12.7. The van der Waals surface area contributed by atoms with Crippen molar-refractivity contribution in [2.45, 2.75) is 45.4 Å². The minimum absolute atomic E-state index is 0. The van der Waals surface area contributed by atoms with Crippen LogP contribution in [0.2, 0.25) is 0 Å². The quantitative estimate of drug-likeness (QED) is 0.289. The number of carbonyl (C=O) groups excluding carboxylic acids is 1. The summed E-state index contributed by atoms with van der Waals surface area (Å²) in [7, 11) is 1.64. The van der Waals surface area contributed by atoms with E-state index < -0.39 is 0 Å². The molecule has 2 aromatic rings. The van der Waals surface area contributed by atoms with Gasteiger partial charge in [-0.05, 0) is 43.5 Å². The number of carbonyl (C=O) groups is 1. The van der Waals surface area contributed by atoms with Gasteiger partial charge >= 0.3 is 0 Å². The first-order valence-corrected chi connectivity index (χ1v) is 10.7. The number of aliphatic imine (C=N–C) groups is 1. The zero-order valence-corrected chi connectivity index (χ0v) is 20.9. The Balaban J connectivity index is 0.00000341. The van der Waals surface area contributed by atoms with E-state index in [4.69, 9.17) is 4.99 Å². The molecular formula is C24H34IN5O. The van der Waals surface area contributed by atoms with E-state index in [-0.39, 0.29) is 29.9 Å². The fourth-order valence-corrected chi connectivity index (χ4v) is 3.88. The molecule has 2 atom stereocenters. The molecule has 1 amide bonds. The van der Waals surface area contributed by atoms with Gasteiger partial charge in [-0.1, -0.05) is 42.5 Å². The molecular weight excluding hydrogens is 501 g/mol. The molecule has 168 valence electrons. The molecule has 1 aliphatic rings. The van der Waals surface area contributed by atoms with E-state index in [0.717, 1.165) is 37.6 Å². The van der Waals surface area contributed by atoms with Gasteiger partial charge in [0, 0.05) is 44.3 Å². The van der Waals surface area contributed by atoms with Gasteiger partial charge in [-0.2, -0.15) is 0 Å². The number of benzene rings is 2. The van der Waals surface area contributed by atoms with Crippen LogP contribution >= 0.6 is 24.0 Å². The van der Waals surface area contributed by atoms with Crippen molar-refractivity contribution in [1.82, 2.24) is 20.9 Å². The monoisotopic (exact) mass is 535 g/mol. The van der Waals surface area contributed by atoms with Crippen molar-refractivity contribution in [3.8, 4) is 0 Å². The zero-order valence-electron chi connectivity index (χ0n) is 18.6. The molecule has 1 heterocycles. The smallest absolute Gasteiger partial charge is 0.251 e. The van der Waals surface area contributed by atoms with Crippen molar-refractivity contribution in [2.75, 3.05) is 20.1 Å². The number of guanidine groups is 1. The Morgan fingerprint density at radius 2 is 1.87 bits per heavy atom. The minimum atomic E-state index is -0.0793. The number of nitrogens with one attached hydrogen (secondary N) is 3. The van der Waals surface area contributed by atoms with Crippen LogP contribution in [-0.4, -0.2) is 49.0 Å². The third kappa shape index (κ3) is 7.50. The standard InChI is InChI=1S/C24H33N5O.HI/c1-4-26-24(27-15-20-11-8-12-21(14-20)23(30)25-3)28-22-13-18(2)29(17-22)16-19-9-6-5-7-10-19;/h5-12,14,18,22H,4,13,15-17H2,1-3H3,(H,25,30)(H2,26,27,28);1H. The predicted octanol–water partition coefficient (Wildman–Crippen LogP) is 3.38. The normalized spacial score (nSPS) is 18.9. The molecule has 1 aliphatic heterocycles. The first-order chi connectivity index (χ1) is 14.6. The SMILES string of the molecule is CCNC(=NCc1cccc(C(=O)NC)c1)NC1CC(C)N(Cc2ccccc2)C1.I. The summed E-state index contributed by atoms with van der Waals surface area (Å²) in [6.07, 6.45) is 1.09. The number of hydrogen-bond donors (Lipinski definition) is 3. The van der Waals surface area contributed by atoms with Gasteiger partial charge in [0.05, 0.1) is 6.54 Å². The molecule has 3 N–H and O–H groups in total. The van der Waals surface area contributed by atoms with Gasteiger partial charge in [0.25, 0.3) is 5.91 Å². The lowest BCUT2D eigenvalue weighted by Gasteiger charge is -2.21. The molecule has 31 heavy (non-hydrogen) atoms. The Labute approximate surface area is 202 Å². The second-order valence-corrected chi connectivity index (χ2v) is 7.82. The molecule has 0 bridgehead atoms. The average molecular weight is 535 g/mol. The average Bonchev–Trinajstić information content (AvgIpc) is 3.11. The molecule has 0 aromatic heterocycles. The van der Waals surface area contributed by atoms with Crippen LogP contribution in [0, 0.1) is 0 Å². The molecule has 1 saturated heterocycles. The van der Waals surface area contributed by atoms with Crippen molar-refractivity contribution < 1.29 is 4.79 Å². The van der Waals surface area contributed by atoms with E-state index >= 15 is 0 Å². The summed E-state index contributed by atoms with van der Waals surface area (Å²) < 4.78 is 0. The van der Waals surface area contributed by atoms with Gasteiger partial charge < -0.3 is 16.0 Å². The maximum atomic E-state index is 11.9. The van der Waals surface area contributed by atoms with Gasteiger partial charge in [-0.3, -0.25) is 9.69 Å². The second-order valence-electron chi connectivity index (χ2n) is 7.82. The van der Waals surface area contributed by atoms with Crippen molar-refractivity contribution in [3.05, 3.63) is 71.3 Å². The number of hydrogen-bond acceptors (Lipinski definition) is 3. The van der Waals surface area contributed by atoms with Gasteiger partial charge in [0.1, 0.15) is 0 Å². The largest absolute Gasteiger partial charge is 0.357 e. The molecule has 0 aliphatic carbocycles. The van der Waals surface area contributed by atoms with E-state index in [1.165, 1.54) is 5.56 Å². The first kappa shape index (κ1) is 25.1. The Morgan fingerprint density at radius 1 is 1.13 bits per heavy atom. The minimum Gasteiger partial charge on any atom is -0.357 e. The summed E-state index contributed by atoms with van der Waals surface area (Å²) in [5.74, 6) is 0.742. The number of rotatable bonds is 7. The van der Waals surface area contributed by atoms with Crippen LogP contribution in [0.15, 0.2) is 59.6 Å². The Morgan fingerprint density at radius 3 is 2.58 bits per heavy atom. The van der Waals surface area contributed by atoms with Crippen molar-refractivity contribution in [3.63, 3.8) is 0 Å². The van der Waals surface area contributed by atoms with Crippen LogP contribution in [0.25, 0.3) is 0 Å². The maximum absolute atomic E-state index is 11.9. The molecule has 0 radical (unpaired) electrons. The van der Waals surface area contributed by atoms with Crippen LogP contribution < -0.4 is 16.0 Å². The summed E-state index contributed by atoms with van der Waals surface area (Å²) in [5, 5.41) is 9.61. The fourth-order valence-electron chi connectivity index (χ4n) is 3.88. The highest BCUT2D eigenvalue weighted by Crippen LogP contribution is 2.20. The summed E-state index contributed by atoms with van der Waals surface area (Å²) >= 11 is 0. The summed E-state index contributed by atoms with van der Waals surface area (Å²) in [6.45, 7) is 7.66. The van der Waals surface area contributed by atoms with Crippen molar-refractivity contribution in [2.24, 2.45) is 4.99 Å². The molecule has 2 unspecified atom stereocenters. The van der Waals surface area contributed by atoms with E-state index in [1.54, 1.807) is 7.05 Å². The molecule has 0 saturated carbocycles. The van der Waals surface area contributed by atoms with Crippen molar-refractivity contribution >= 4 is 35.8 Å². The highest BCUT2D eigenvalue weighted by molar-refractivity contribution is 14.0.